The summed E-state index contributed by atoms with van der Waals surface area (Å²) >= 11 is 0. The Kier molecular flexibility index (Phi) is 4.47. The Balaban J connectivity index is 2.12. The van der Waals surface area contributed by atoms with Crippen molar-refractivity contribution in [3.8, 4) is 17.0 Å². The normalized spacial score (nSPS) is 12.1. The summed E-state index contributed by atoms with van der Waals surface area (Å²) in [6, 6.07) is 16.0. The Morgan fingerprint density at radius 3 is 2.58 bits per heavy atom. The van der Waals surface area contributed by atoms with Crippen molar-refractivity contribution in [1.29, 1.82) is 0 Å². The minimum atomic E-state index is -0.344. The highest BCUT2D eigenvalue weighted by atomic mass is 16.5. The lowest BCUT2D eigenvalue weighted by Crippen LogP contribution is -2.14. The van der Waals surface area contributed by atoms with Crippen LogP contribution in [0.2, 0.25) is 0 Å². The molecule has 0 saturated heterocycles. The van der Waals surface area contributed by atoms with Crippen molar-refractivity contribution in [3.63, 3.8) is 0 Å². The van der Waals surface area contributed by atoms with Gasteiger partial charge in [-0.3, -0.25) is 0 Å². The molecular weight excluding hydrogens is 302 g/mol. The summed E-state index contributed by atoms with van der Waals surface area (Å²) in [4.78, 5) is 17.2. The molecule has 0 aliphatic rings. The lowest BCUT2D eigenvalue weighted by Gasteiger charge is -2.13. The molecule has 24 heavy (non-hydrogen) atoms. The number of carbonyl (C=O) groups is 1. The monoisotopic (exact) mass is 321 g/mol. The lowest BCUT2D eigenvalue weighted by atomic mass is 10.0. The molecule has 1 atom stereocenters. The van der Waals surface area contributed by atoms with Gasteiger partial charge in [-0.15, -0.1) is 0 Å². The highest BCUT2D eigenvalue weighted by Gasteiger charge is 2.17. The highest BCUT2D eigenvalue weighted by molar-refractivity contribution is 6.04. The Hall–Kier alpha value is -2.88. The molecule has 0 radical (unpaired) electrons. The van der Waals surface area contributed by atoms with Crippen molar-refractivity contribution >= 4 is 16.9 Å². The Morgan fingerprint density at radius 1 is 1.17 bits per heavy atom. The van der Waals surface area contributed by atoms with Gasteiger partial charge in [0.1, 0.15) is 5.75 Å². The summed E-state index contributed by atoms with van der Waals surface area (Å²) in [7, 11) is 0. The molecule has 0 bridgehead atoms. The summed E-state index contributed by atoms with van der Waals surface area (Å²) in [6.07, 6.45) is 0.626. The van der Waals surface area contributed by atoms with Gasteiger partial charge in [-0.2, -0.15) is 0 Å². The van der Waals surface area contributed by atoms with Crippen molar-refractivity contribution in [2.45, 2.75) is 26.4 Å². The molecule has 0 fully saturated rings. The van der Waals surface area contributed by atoms with Gasteiger partial charge < -0.3 is 9.84 Å². The van der Waals surface area contributed by atoms with Crippen LogP contribution >= 0.6 is 0 Å². The van der Waals surface area contributed by atoms with E-state index in [-0.39, 0.29) is 17.8 Å². The Morgan fingerprint density at radius 2 is 1.88 bits per heavy atom. The number of benzene rings is 2. The van der Waals surface area contributed by atoms with Gasteiger partial charge >= 0.3 is 5.97 Å². The van der Waals surface area contributed by atoms with E-state index in [2.05, 4.69) is 4.98 Å². The molecule has 4 nitrogen and oxygen atoms in total. The first-order valence-electron chi connectivity index (χ1n) is 7.98. The summed E-state index contributed by atoms with van der Waals surface area (Å²) in [5.41, 5.74) is 2.74. The topological polar surface area (TPSA) is 59.4 Å². The van der Waals surface area contributed by atoms with Crippen LogP contribution < -0.4 is 0 Å². The number of phenolic OH excluding ortho intramolecular Hbond substituents is 1. The standard InChI is InChI=1S/C20H19NO3/c1-3-13(2)24-20(23)17-12-19(14-8-10-15(22)11-9-14)21-18-7-5-4-6-16(17)18/h4-13,22H,3H2,1-2H3. The Bertz CT molecular complexity index is 872. The van der Waals surface area contributed by atoms with Gasteiger partial charge in [0.25, 0.3) is 0 Å². The summed E-state index contributed by atoms with van der Waals surface area (Å²) in [5.74, 6) is -0.154. The van der Waals surface area contributed by atoms with E-state index in [1.807, 2.05) is 38.1 Å². The number of rotatable bonds is 4. The molecule has 0 aliphatic carbocycles. The van der Waals surface area contributed by atoms with E-state index in [1.54, 1.807) is 30.3 Å². The number of carbonyl (C=O) groups excluding carboxylic acids is 1. The van der Waals surface area contributed by atoms with Gasteiger partial charge in [-0.25, -0.2) is 9.78 Å². The van der Waals surface area contributed by atoms with E-state index in [9.17, 15) is 9.90 Å². The number of pyridine rings is 1. The number of aromatic hydroxyl groups is 1. The predicted molar refractivity (Wildman–Crippen MR) is 94.0 cm³/mol. The third-order valence-corrected chi connectivity index (χ3v) is 3.98. The molecule has 3 aromatic rings. The van der Waals surface area contributed by atoms with E-state index in [0.29, 0.717) is 11.3 Å². The third-order valence-electron chi connectivity index (χ3n) is 3.98. The van der Waals surface area contributed by atoms with Gasteiger partial charge in [0.2, 0.25) is 0 Å². The minimum absolute atomic E-state index is 0.137. The number of nitrogens with zero attached hydrogens (tertiary/aromatic N) is 1. The molecule has 122 valence electrons. The Labute approximate surface area is 140 Å². The third kappa shape index (κ3) is 3.23. The van der Waals surface area contributed by atoms with Gasteiger partial charge in [-0.1, -0.05) is 25.1 Å². The van der Waals surface area contributed by atoms with Gasteiger partial charge in [0.05, 0.1) is 22.9 Å². The number of para-hydroxylation sites is 1. The quantitative estimate of drug-likeness (QED) is 0.715. The first-order chi connectivity index (χ1) is 11.6. The fraction of sp³-hybridized carbons (Fsp3) is 0.200. The molecule has 1 unspecified atom stereocenters. The van der Waals surface area contributed by atoms with Crippen molar-refractivity contribution in [1.82, 2.24) is 4.98 Å². The lowest BCUT2D eigenvalue weighted by molar-refractivity contribution is 0.0337. The smallest absolute Gasteiger partial charge is 0.339 e. The van der Waals surface area contributed by atoms with Crippen molar-refractivity contribution in [3.05, 3.63) is 60.2 Å². The number of fused-ring (bicyclic) bond motifs is 1. The van der Waals surface area contributed by atoms with Crippen LogP contribution in [0.5, 0.6) is 5.75 Å². The second-order valence-electron chi connectivity index (χ2n) is 5.74. The van der Waals surface area contributed by atoms with Gasteiger partial charge in [-0.05, 0) is 49.7 Å². The average molecular weight is 321 g/mol. The zero-order chi connectivity index (χ0) is 17.1. The van der Waals surface area contributed by atoms with Crippen LogP contribution in [0.1, 0.15) is 30.6 Å². The number of esters is 1. The summed E-state index contributed by atoms with van der Waals surface area (Å²) < 4.78 is 5.50. The number of phenols is 1. The zero-order valence-corrected chi connectivity index (χ0v) is 13.7. The summed E-state index contributed by atoms with van der Waals surface area (Å²) in [6.45, 7) is 3.85. The highest BCUT2D eigenvalue weighted by Crippen LogP contribution is 2.26. The van der Waals surface area contributed by atoms with Gasteiger partial charge in [0, 0.05) is 10.9 Å². The number of aromatic nitrogens is 1. The largest absolute Gasteiger partial charge is 0.508 e. The van der Waals surface area contributed by atoms with Crippen LogP contribution in [-0.2, 0) is 4.74 Å². The van der Waals surface area contributed by atoms with Crippen molar-refractivity contribution < 1.29 is 14.6 Å². The van der Waals surface area contributed by atoms with Crippen LogP contribution in [-0.4, -0.2) is 22.2 Å². The fourth-order valence-electron chi connectivity index (χ4n) is 2.45. The summed E-state index contributed by atoms with van der Waals surface area (Å²) in [5, 5.41) is 10.2. The van der Waals surface area contributed by atoms with Crippen molar-refractivity contribution in [2.24, 2.45) is 0 Å². The maximum Gasteiger partial charge on any atom is 0.339 e. The molecule has 4 heteroatoms. The zero-order valence-electron chi connectivity index (χ0n) is 13.7. The first-order valence-corrected chi connectivity index (χ1v) is 7.98. The number of ether oxygens (including phenoxy) is 1. The molecule has 3 rings (SSSR count). The van der Waals surface area contributed by atoms with Crippen LogP contribution in [0.3, 0.4) is 0 Å². The van der Waals surface area contributed by atoms with Crippen molar-refractivity contribution in [2.75, 3.05) is 0 Å². The molecule has 0 amide bonds. The van der Waals surface area contributed by atoms with Crippen LogP contribution in [0, 0.1) is 0 Å². The molecule has 1 N–H and O–H groups in total. The average Bonchev–Trinajstić information content (AvgIpc) is 2.61. The maximum atomic E-state index is 12.6. The predicted octanol–water partition coefficient (Wildman–Crippen LogP) is 4.56. The number of hydrogen-bond donors (Lipinski definition) is 1. The van der Waals surface area contributed by atoms with Crippen LogP contribution in [0.4, 0.5) is 0 Å². The second-order valence-corrected chi connectivity index (χ2v) is 5.74. The molecule has 1 heterocycles. The van der Waals surface area contributed by atoms with E-state index < -0.39 is 0 Å². The minimum Gasteiger partial charge on any atom is -0.508 e. The molecule has 0 spiro atoms. The molecule has 2 aromatic carbocycles. The SMILES string of the molecule is CCC(C)OC(=O)c1cc(-c2ccc(O)cc2)nc2ccccc12. The van der Waals surface area contributed by atoms with E-state index >= 15 is 0 Å². The van der Waals surface area contributed by atoms with Crippen LogP contribution in [0.15, 0.2) is 54.6 Å². The maximum absolute atomic E-state index is 12.6. The van der Waals surface area contributed by atoms with E-state index in [4.69, 9.17) is 4.74 Å². The van der Waals surface area contributed by atoms with E-state index in [0.717, 1.165) is 22.9 Å². The van der Waals surface area contributed by atoms with Crippen LogP contribution in [0.25, 0.3) is 22.2 Å². The number of hydrogen-bond acceptors (Lipinski definition) is 4. The fourth-order valence-corrected chi connectivity index (χ4v) is 2.45. The van der Waals surface area contributed by atoms with Gasteiger partial charge in [0.15, 0.2) is 0 Å². The molecule has 1 aromatic heterocycles. The second kappa shape index (κ2) is 6.71. The molecule has 0 aliphatic heterocycles. The molecule has 0 saturated carbocycles. The van der Waals surface area contributed by atoms with E-state index in [1.165, 1.54) is 0 Å². The molecular formula is C20H19NO3. The first kappa shape index (κ1) is 16.0.